The number of aryl methyl sites for hydroxylation is 1. The maximum atomic E-state index is 6.06. The van der Waals surface area contributed by atoms with Crippen LogP contribution in [0.2, 0.25) is 0 Å². The van der Waals surface area contributed by atoms with Crippen molar-refractivity contribution in [1.82, 2.24) is 10.3 Å². The van der Waals surface area contributed by atoms with E-state index in [0.717, 1.165) is 30.5 Å². The highest BCUT2D eigenvalue weighted by atomic mass is 16.5. The molecule has 0 aromatic carbocycles. The summed E-state index contributed by atoms with van der Waals surface area (Å²) in [5.74, 6) is 1.57. The summed E-state index contributed by atoms with van der Waals surface area (Å²) >= 11 is 0. The van der Waals surface area contributed by atoms with Crippen molar-refractivity contribution in [2.24, 2.45) is 5.92 Å². The van der Waals surface area contributed by atoms with E-state index in [1.54, 1.807) is 0 Å². The van der Waals surface area contributed by atoms with Gasteiger partial charge in [-0.05, 0) is 37.7 Å². The summed E-state index contributed by atoms with van der Waals surface area (Å²) < 4.78 is 6.06. The molecule has 20 heavy (non-hydrogen) atoms. The molecule has 0 bridgehead atoms. The molecule has 3 heteroatoms. The maximum absolute atomic E-state index is 6.06. The minimum atomic E-state index is 0.352. The zero-order valence-electron chi connectivity index (χ0n) is 13.3. The first-order valence-electron chi connectivity index (χ1n) is 7.91. The van der Waals surface area contributed by atoms with Crippen molar-refractivity contribution < 1.29 is 4.74 Å². The van der Waals surface area contributed by atoms with E-state index in [2.05, 4.69) is 44.1 Å². The molecule has 3 nitrogen and oxygen atoms in total. The molecule has 0 spiro atoms. The summed E-state index contributed by atoms with van der Waals surface area (Å²) in [6.45, 7) is 9.56. The third-order valence-electron chi connectivity index (χ3n) is 4.05. The molecule has 0 aliphatic heterocycles. The first-order chi connectivity index (χ1) is 9.54. The number of nitrogens with one attached hydrogen (secondary N) is 1. The summed E-state index contributed by atoms with van der Waals surface area (Å²) in [6, 6.07) is 4.65. The fourth-order valence-corrected chi connectivity index (χ4v) is 2.79. The van der Waals surface area contributed by atoms with Gasteiger partial charge in [-0.1, -0.05) is 33.3 Å². The molecule has 1 N–H and O–H groups in total. The molecule has 1 aliphatic rings. The molecule has 2 atom stereocenters. The van der Waals surface area contributed by atoms with Gasteiger partial charge in [-0.3, -0.25) is 0 Å². The molecule has 1 aliphatic carbocycles. The zero-order chi connectivity index (χ0) is 14.5. The Hall–Kier alpha value is -1.09. The van der Waals surface area contributed by atoms with Crippen molar-refractivity contribution in [3.8, 4) is 5.88 Å². The summed E-state index contributed by atoms with van der Waals surface area (Å²) in [4.78, 5) is 4.61. The quantitative estimate of drug-likeness (QED) is 0.887. The second kappa shape index (κ2) is 7.07. The molecule has 1 aromatic rings. The smallest absolute Gasteiger partial charge is 0.213 e. The zero-order valence-corrected chi connectivity index (χ0v) is 13.3. The SMILES string of the molecule is Cc1nc(OC2CCCC(C)C2)ccc1CNC(C)C. The lowest BCUT2D eigenvalue weighted by molar-refractivity contribution is 0.123. The maximum Gasteiger partial charge on any atom is 0.213 e. The van der Waals surface area contributed by atoms with Gasteiger partial charge in [0.2, 0.25) is 5.88 Å². The molecule has 0 radical (unpaired) electrons. The third kappa shape index (κ3) is 4.48. The fourth-order valence-electron chi connectivity index (χ4n) is 2.79. The Morgan fingerprint density at radius 2 is 2.15 bits per heavy atom. The van der Waals surface area contributed by atoms with Crippen molar-refractivity contribution in [1.29, 1.82) is 0 Å². The van der Waals surface area contributed by atoms with E-state index in [9.17, 15) is 0 Å². The van der Waals surface area contributed by atoms with E-state index in [1.807, 2.05) is 6.07 Å². The molecule has 1 aromatic heterocycles. The van der Waals surface area contributed by atoms with Gasteiger partial charge in [-0.15, -0.1) is 0 Å². The Bertz CT molecular complexity index is 431. The Morgan fingerprint density at radius 3 is 2.80 bits per heavy atom. The van der Waals surface area contributed by atoms with E-state index in [1.165, 1.54) is 24.8 Å². The van der Waals surface area contributed by atoms with Crippen LogP contribution in [0.15, 0.2) is 12.1 Å². The fraction of sp³-hybridized carbons (Fsp3) is 0.706. The van der Waals surface area contributed by atoms with Crippen LogP contribution in [0.1, 0.15) is 57.7 Å². The predicted octanol–water partition coefficient (Wildman–Crippen LogP) is 3.85. The molecule has 0 saturated heterocycles. The van der Waals surface area contributed by atoms with Crippen molar-refractivity contribution in [2.75, 3.05) is 0 Å². The molecule has 2 rings (SSSR count). The van der Waals surface area contributed by atoms with Gasteiger partial charge in [-0.2, -0.15) is 0 Å². The first kappa shape index (κ1) is 15.3. The third-order valence-corrected chi connectivity index (χ3v) is 4.05. The minimum absolute atomic E-state index is 0.352. The highest BCUT2D eigenvalue weighted by molar-refractivity contribution is 5.25. The van der Waals surface area contributed by atoms with Crippen LogP contribution < -0.4 is 10.1 Å². The number of hydrogen-bond donors (Lipinski definition) is 1. The van der Waals surface area contributed by atoms with Gasteiger partial charge in [0.05, 0.1) is 0 Å². The van der Waals surface area contributed by atoms with E-state index < -0.39 is 0 Å². The molecule has 112 valence electrons. The van der Waals surface area contributed by atoms with Gasteiger partial charge in [0.15, 0.2) is 0 Å². The van der Waals surface area contributed by atoms with Crippen molar-refractivity contribution in [3.05, 3.63) is 23.4 Å². The van der Waals surface area contributed by atoms with Crippen LogP contribution >= 0.6 is 0 Å². The molecule has 1 fully saturated rings. The van der Waals surface area contributed by atoms with Gasteiger partial charge in [0, 0.05) is 24.3 Å². The Morgan fingerprint density at radius 1 is 1.35 bits per heavy atom. The van der Waals surface area contributed by atoms with Crippen LogP contribution in [0, 0.1) is 12.8 Å². The van der Waals surface area contributed by atoms with Crippen LogP contribution in [-0.2, 0) is 6.54 Å². The Balaban J connectivity index is 1.94. The minimum Gasteiger partial charge on any atom is -0.474 e. The van der Waals surface area contributed by atoms with Crippen molar-refractivity contribution >= 4 is 0 Å². The number of aromatic nitrogens is 1. The van der Waals surface area contributed by atoms with Gasteiger partial charge < -0.3 is 10.1 Å². The highest BCUT2D eigenvalue weighted by Crippen LogP contribution is 2.27. The molecule has 0 amide bonds. The number of ether oxygens (including phenoxy) is 1. The van der Waals surface area contributed by atoms with Crippen LogP contribution in [0.4, 0.5) is 0 Å². The standard InChI is InChI=1S/C17H28N2O/c1-12(2)18-11-15-8-9-17(19-14(15)4)20-16-7-5-6-13(3)10-16/h8-9,12-13,16,18H,5-7,10-11H2,1-4H3. The van der Waals surface area contributed by atoms with Crippen LogP contribution in [0.25, 0.3) is 0 Å². The normalized spacial score (nSPS) is 23.1. The van der Waals surface area contributed by atoms with Crippen molar-refractivity contribution in [2.45, 2.75) is 72.1 Å². The lowest BCUT2D eigenvalue weighted by atomic mass is 9.89. The summed E-state index contributed by atoms with van der Waals surface area (Å²) in [5.41, 5.74) is 2.32. The molecule has 1 heterocycles. The molecule has 1 saturated carbocycles. The highest BCUT2D eigenvalue weighted by Gasteiger charge is 2.20. The summed E-state index contributed by atoms with van der Waals surface area (Å²) in [5, 5.41) is 3.43. The number of hydrogen-bond acceptors (Lipinski definition) is 3. The van der Waals surface area contributed by atoms with E-state index in [4.69, 9.17) is 4.74 Å². The largest absolute Gasteiger partial charge is 0.474 e. The number of pyridine rings is 1. The number of nitrogens with zero attached hydrogens (tertiary/aromatic N) is 1. The number of rotatable bonds is 5. The van der Waals surface area contributed by atoms with E-state index >= 15 is 0 Å². The van der Waals surface area contributed by atoms with E-state index in [-0.39, 0.29) is 0 Å². The van der Waals surface area contributed by atoms with Crippen LogP contribution in [0.5, 0.6) is 5.88 Å². The predicted molar refractivity (Wildman–Crippen MR) is 83.0 cm³/mol. The van der Waals surface area contributed by atoms with Crippen LogP contribution in [0.3, 0.4) is 0 Å². The van der Waals surface area contributed by atoms with Gasteiger partial charge >= 0.3 is 0 Å². The average molecular weight is 276 g/mol. The topological polar surface area (TPSA) is 34.1 Å². The monoisotopic (exact) mass is 276 g/mol. The van der Waals surface area contributed by atoms with Gasteiger partial charge in [-0.25, -0.2) is 4.98 Å². The average Bonchev–Trinajstić information content (AvgIpc) is 2.37. The molecular formula is C17H28N2O. The Kier molecular flexibility index (Phi) is 5.41. The molecule has 2 unspecified atom stereocenters. The molecular weight excluding hydrogens is 248 g/mol. The van der Waals surface area contributed by atoms with Gasteiger partial charge in [0.1, 0.15) is 6.10 Å². The summed E-state index contributed by atoms with van der Waals surface area (Å²) in [6.07, 6.45) is 5.30. The second-order valence-electron chi connectivity index (χ2n) is 6.44. The van der Waals surface area contributed by atoms with Crippen LogP contribution in [-0.4, -0.2) is 17.1 Å². The van der Waals surface area contributed by atoms with Crippen molar-refractivity contribution in [3.63, 3.8) is 0 Å². The Labute approximate surface area is 123 Å². The second-order valence-corrected chi connectivity index (χ2v) is 6.44. The summed E-state index contributed by atoms with van der Waals surface area (Å²) in [7, 11) is 0. The lowest BCUT2D eigenvalue weighted by Gasteiger charge is -2.27. The first-order valence-corrected chi connectivity index (χ1v) is 7.91. The van der Waals surface area contributed by atoms with Gasteiger partial charge in [0.25, 0.3) is 0 Å². The lowest BCUT2D eigenvalue weighted by Crippen LogP contribution is -2.25. The van der Waals surface area contributed by atoms with E-state index in [0.29, 0.717) is 12.1 Å².